The summed E-state index contributed by atoms with van der Waals surface area (Å²) >= 11 is 0. The smallest absolute Gasteiger partial charge is 0.391 e. The van der Waals surface area contributed by atoms with Gasteiger partial charge < -0.3 is 15.7 Å². The van der Waals surface area contributed by atoms with E-state index in [0.29, 0.717) is 12.8 Å². The highest BCUT2D eigenvalue weighted by Crippen LogP contribution is 2.43. The topological polar surface area (TPSA) is 61.4 Å². The standard InChI is InChI=1S/C11H19F3N2O2/c1-2-3-8(17)6-16-9(18)10(11(12,13)14)4-5-15-7-10/h8,15,17H,2-7H2,1H3,(H,16,18). The maximum Gasteiger partial charge on any atom is 0.404 e. The van der Waals surface area contributed by atoms with Crippen LogP contribution in [0.3, 0.4) is 0 Å². The van der Waals surface area contributed by atoms with E-state index in [-0.39, 0.29) is 19.5 Å². The van der Waals surface area contributed by atoms with Gasteiger partial charge in [-0.2, -0.15) is 13.2 Å². The molecular formula is C11H19F3N2O2. The van der Waals surface area contributed by atoms with Crippen molar-refractivity contribution in [2.75, 3.05) is 19.6 Å². The molecule has 106 valence electrons. The van der Waals surface area contributed by atoms with Crippen LogP contribution in [0.5, 0.6) is 0 Å². The molecule has 2 unspecified atom stereocenters. The van der Waals surface area contributed by atoms with Crippen LogP contribution in [0.1, 0.15) is 26.2 Å². The summed E-state index contributed by atoms with van der Waals surface area (Å²) in [6.07, 6.45) is -4.46. The molecule has 0 spiro atoms. The Hall–Kier alpha value is -0.820. The van der Waals surface area contributed by atoms with Gasteiger partial charge in [-0.25, -0.2) is 0 Å². The zero-order chi connectivity index (χ0) is 13.8. The van der Waals surface area contributed by atoms with E-state index >= 15 is 0 Å². The number of aliphatic hydroxyl groups is 1. The Morgan fingerprint density at radius 2 is 2.22 bits per heavy atom. The lowest BCUT2D eigenvalue weighted by molar-refractivity contribution is -0.216. The van der Waals surface area contributed by atoms with Gasteiger partial charge in [0.05, 0.1) is 6.10 Å². The second-order valence-electron chi connectivity index (χ2n) is 4.66. The van der Waals surface area contributed by atoms with Crippen LogP contribution in [0.4, 0.5) is 13.2 Å². The Morgan fingerprint density at radius 3 is 2.67 bits per heavy atom. The number of hydrogen-bond acceptors (Lipinski definition) is 3. The molecule has 1 aliphatic rings. The molecule has 1 amide bonds. The Kier molecular flexibility index (Phi) is 4.98. The maximum atomic E-state index is 13.0. The minimum atomic E-state index is -4.57. The van der Waals surface area contributed by atoms with Crippen LogP contribution in [-0.2, 0) is 4.79 Å². The van der Waals surface area contributed by atoms with Crippen molar-refractivity contribution in [3.8, 4) is 0 Å². The lowest BCUT2D eigenvalue weighted by Crippen LogP contribution is -2.53. The van der Waals surface area contributed by atoms with Crippen LogP contribution < -0.4 is 10.6 Å². The lowest BCUT2D eigenvalue weighted by Gasteiger charge is -2.29. The average molecular weight is 268 g/mol. The predicted molar refractivity (Wildman–Crippen MR) is 59.9 cm³/mol. The van der Waals surface area contributed by atoms with Gasteiger partial charge in [-0.3, -0.25) is 4.79 Å². The molecule has 4 nitrogen and oxygen atoms in total. The fourth-order valence-electron chi connectivity index (χ4n) is 2.07. The summed E-state index contributed by atoms with van der Waals surface area (Å²) in [6.45, 7) is 1.49. The zero-order valence-electron chi connectivity index (χ0n) is 10.3. The van der Waals surface area contributed by atoms with E-state index in [9.17, 15) is 23.1 Å². The number of hydrogen-bond donors (Lipinski definition) is 3. The first kappa shape index (κ1) is 15.2. The molecule has 1 fully saturated rings. The minimum Gasteiger partial charge on any atom is -0.391 e. The maximum absolute atomic E-state index is 13.0. The predicted octanol–water partition coefficient (Wildman–Crippen LogP) is 0.806. The molecule has 0 bridgehead atoms. The summed E-state index contributed by atoms with van der Waals surface area (Å²) in [5.41, 5.74) is -2.35. The summed E-state index contributed by atoms with van der Waals surface area (Å²) in [5, 5.41) is 14.2. The molecule has 1 heterocycles. The van der Waals surface area contributed by atoms with Crippen molar-refractivity contribution in [1.82, 2.24) is 10.6 Å². The highest BCUT2D eigenvalue weighted by atomic mass is 19.4. The van der Waals surface area contributed by atoms with Gasteiger partial charge in [-0.15, -0.1) is 0 Å². The molecule has 0 aliphatic carbocycles. The number of rotatable bonds is 5. The number of halogens is 3. The fraction of sp³-hybridized carbons (Fsp3) is 0.909. The van der Waals surface area contributed by atoms with Gasteiger partial charge in [-0.05, 0) is 19.4 Å². The SMILES string of the molecule is CCCC(O)CNC(=O)C1(C(F)(F)F)CCNC1. The largest absolute Gasteiger partial charge is 0.404 e. The molecule has 1 rings (SSSR count). The van der Waals surface area contributed by atoms with Gasteiger partial charge in [0.15, 0.2) is 5.41 Å². The Bertz CT molecular complexity index is 289. The third-order valence-corrected chi connectivity index (χ3v) is 3.25. The molecule has 1 saturated heterocycles. The second kappa shape index (κ2) is 5.88. The van der Waals surface area contributed by atoms with Gasteiger partial charge in [0, 0.05) is 13.1 Å². The number of carbonyl (C=O) groups is 1. The molecule has 18 heavy (non-hydrogen) atoms. The first-order valence-electron chi connectivity index (χ1n) is 6.07. The molecule has 0 aromatic rings. The molecule has 0 aromatic heterocycles. The molecule has 0 saturated carbocycles. The highest BCUT2D eigenvalue weighted by Gasteiger charge is 2.61. The Morgan fingerprint density at radius 1 is 1.56 bits per heavy atom. The van der Waals surface area contributed by atoms with Gasteiger partial charge in [0.2, 0.25) is 5.91 Å². The van der Waals surface area contributed by atoms with Crippen LogP contribution >= 0.6 is 0 Å². The number of carbonyl (C=O) groups excluding carboxylic acids is 1. The van der Waals surface area contributed by atoms with Crippen molar-refractivity contribution in [3.05, 3.63) is 0 Å². The average Bonchev–Trinajstić information content (AvgIpc) is 2.75. The van der Waals surface area contributed by atoms with E-state index in [1.165, 1.54) is 0 Å². The fourth-order valence-corrected chi connectivity index (χ4v) is 2.07. The van der Waals surface area contributed by atoms with Gasteiger partial charge in [-0.1, -0.05) is 13.3 Å². The quantitative estimate of drug-likeness (QED) is 0.691. The molecule has 0 aromatic carbocycles. The van der Waals surface area contributed by atoms with Crippen LogP contribution in [0.25, 0.3) is 0 Å². The van der Waals surface area contributed by atoms with Gasteiger partial charge in [0.25, 0.3) is 0 Å². The molecule has 0 radical (unpaired) electrons. The van der Waals surface area contributed by atoms with Crippen molar-refractivity contribution >= 4 is 5.91 Å². The third kappa shape index (κ3) is 3.14. The van der Waals surface area contributed by atoms with Crippen LogP contribution in [0.2, 0.25) is 0 Å². The van der Waals surface area contributed by atoms with E-state index in [2.05, 4.69) is 10.6 Å². The van der Waals surface area contributed by atoms with Crippen molar-refractivity contribution in [3.63, 3.8) is 0 Å². The zero-order valence-corrected chi connectivity index (χ0v) is 10.3. The van der Waals surface area contributed by atoms with Crippen molar-refractivity contribution < 1.29 is 23.1 Å². The van der Waals surface area contributed by atoms with E-state index in [0.717, 1.165) is 0 Å². The molecular weight excluding hydrogens is 249 g/mol. The van der Waals surface area contributed by atoms with Crippen molar-refractivity contribution in [2.45, 2.75) is 38.5 Å². The number of alkyl halides is 3. The highest BCUT2D eigenvalue weighted by molar-refractivity contribution is 5.84. The van der Waals surface area contributed by atoms with Crippen LogP contribution in [0.15, 0.2) is 0 Å². The number of amides is 1. The van der Waals surface area contributed by atoms with Gasteiger partial charge in [0.1, 0.15) is 0 Å². The first-order valence-corrected chi connectivity index (χ1v) is 6.07. The molecule has 1 aliphatic heterocycles. The number of aliphatic hydroxyl groups excluding tert-OH is 1. The van der Waals surface area contributed by atoms with E-state index in [1.54, 1.807) is 0 Å². The monoisotopic (exact) mass is 268 g/mol. The summed E-state index contributed by atoms with van der Waals surface area (Å²) in [7, 11) is 0. The van der Waals surface area contributed by atoms with E-state index in [1.807, 2.05) is 6.92 Å². The normalized spacial score (nSPS) is 26.1. The van der Waals surface area contributed by atoms with Crippen molar-refractivity contribution in [1.29, 1.82) is 0 Å². The summed E-state index contributed by atoms with van der Waals surface area (Å²) in [4.78, 5) is 11.7. The summed E-state index contributed by atoms with van der Waals surface area (Å²) < 4.78 is 38.9. The third-order valence-electron chi connectivity index (χ3n) is 3.25. The minimum absolute atomic E-state index is 0.134. The number of nitrogens with one attached hydrogen (secondary N) is 2. The lowest BCUT2D eigenvalue weighted by atomic mass is 9.85. The van der Waals surface area contributed by atoms with Gasteiger partial charge >= 0.3 is 6.18 Å². The summed E-state index contributed by atoms with van der Waals surface area (Å²) in [5.74, 6) is -1.05. The molecule has 2 atom stereocenters. The van der Waals surface area contributed by atoms with Crippen LogP contribution in [-0.4, -0.2) is 42.9 Å². The van der Waals surface area contributed by atoms with Crippen molar-refractivity contribution in [2.24, 2.45) is 5.41 Å². The second-order valence-corrected chi connectivity index (χ2v) is 4.66. The van der Waals surface area contributed by atoms with E-state index in [4.69, 9.17) is 0 Å². The van der Waals surface area contributed by atoms with Crippen LogP contribution in [0, 0.1) is 5.41 Å². The molecule has 7 heteroatoms. The Labute approximate surface area is 104 Å². The molecule has 3 N–H and O–H groups in total. The first-order chi connectivity index (χ1) is 8.33. The van der Waals surface area contributed by atoms with E-state index < -0.39 is 30.1 Å². The summed E-state index contributed by atoms with van der Waals surface area (Å²) in [6, 6.07) is 0. The Balaban J connectivity index is 2.62.